The Balaban J connectivity index is 0.00000675. The average Bonchev–Trinajstić information content (AvgIpc) is 3.43. The number of likely N-dealkylation sites (tertiary alicyclic amines) is 1. The fourth-order valence-corrected chi connectivity index (χ4v) is 5.76. The van der Waals surface area contributed by atoms with E-state index in [0.717, 1.165) is 35.6 Å². The molecular formula is C34H52ClN5O4. The van der Waals surface area contributed by atoms with Gasteiger partial charge in [-0.05, 0) is 67.7 Å². The molecule has 0 radical (unpaired) electrons. The van der Waals surface area contributed by atoms with Crippen molar-refractivity contribution in [2.75, 3.05) is 19.6 Å². The molecule has 0 bridgehead atoms. The summed E-state index contributed by atoms with van der Waals surface area (Å²) in [6, 6.07) is 12.5. The normalized spacial score (nSPS) is 15.8. The number of carbonyl (C=O) groups is 4. The molecule has 0 aliphatic carbocycles. The van der Waals surface area contributed by atoms with Crippen LogP contribution in [0.2, 0.25) is 0 Å². The van der Waals surface area contributed by atoms with E-state index < -0.39 is 17.6 Å². The van der Waals surface area contributed by atoms with Crippen molar-refractivity contribution >= 4 is 46.8 Å². The first-order valence-electron chi connectivity index (χ1n) is 15.7. The quantitative estimate of drug-likeness (QED) is 0.235. The highest BCUT2D eigenvalue weighted by Gasteiger charge is 2.38. The lowest BCUT2D eigenvalue weighted by molar-refractivity contribution is -0.143. The van der Waals surface area contributed by atoms with Gasteiger partial charge in [-0.1, -0.05) is 70.2 Å². The van der Waals surface area contributed by atoms with Crippen LogP contribution in [0.1, 0.15) is 72.8 Å². The molecule has 0 spiro atoms. The third-order valence-corrected chi connectivity index (χ3v) is 7.88. The van der Waals surface area contributed by atoms with Crippen molar-refractivity contribution in [3.63, 3.8) is 0 Å². The molecule has 2 aromatic carbocycles. The molecule has 4 amide bonds. The maximum Gasteiger partial charge on any atom is 0.243 e. The van der Waals surface area contributed by atoms with Crippen LogP contribution in [0.3, 0.4) is 0 Å². The number of fused-ring (bicyclic) bond motifs is 1. The van der Waals surface area contributed by atoms with Crippen LogP contribution in [-0.2, 0) is 25.6 Å². The van der Waals surface area contributed by atoms with Crippen molar-refractivity contribution in [2.24, 2.45) is 23.5 Å². The van der Waals surface area contributed by atoms with E-state index in [1.165, 1.54) is 0 Å². The maximum absolute atomic E-state index is 13.7. The van der Waals surface area contributed by atoms with Crippen LogP contribution in [0.5, 0.6) is 0 Å². The zero-order chi connectivity index (χ0) is 31.7. The smallest absolute Gasteiger partial charge is 0.243 e. The van der Waals surface area contributed by atoms with E-state index >= 15 is 0 Å². The second kappa shape index (κ2) is 16.8. The van der Waals surface area contributed by atoms with Gasteiger partial charge < -0.3 is 26.6 Å². The van der Waals surface area contributed by atoms with Crippen LogP contribution in [0.4, 0.5) is 0 Å². The SMILES string of the molecule is CC(C)CC(CC(C)C)C(=O)N1CCCC1C(=O)N[C@H](Cc1ccc2ccccc2c1)C(=O)NCCNC(=O)C(C)(C)N.Cl. The van der Waals surface area contributed by atoms with Gasteiger partial charge >= 0.3 is 0 Å². The topological polar surface area (TPSA) is 134 Å². The average molecular weight is 630 g/mol. The molecule has 44 heavy (non-hydrogen) atoms. The molecule has 1 saturated heterocycles. The molecule has 1 fully saturated rings. The lowest BCUT2D eigenvalue weighted by atomic mass is 9.88. The Hall–Kier alpha value is -3.17. The summed E-state index contributed by atoms with van der Waals surface area (Å²) >= 11 is 0. The largest absolute Gasteiger partial charge is 0.353 e. The first kappa shape index (κ1) is 37.0. The van der Waals surface area contributed by atoms with Crippen molar-refractivity contribution < 1.29 is 19.2 Å². The molecule has 2 aromatic rings. The summed E-state index contributed by atoms with van der Waals surface area (Å²) in [5, 5.41) is 10.7. The van der Waals surface area contributed by atoms with Crippen molar-refractivity contribution in [2.45, 2.75) is 91.3 Å². The van der Waals surface area contributed by atoms with E-state index in [0.29, 0.717) is 24.8 Å². The van der Waals surface area contributed by atoms with Crippen molar-refractivity contribution in [1.29, 1.82) is 0 Å². The Morgan fingerprint density at radius 2 is 1.55 bits per heavy atom. The highest BCUT2D eigenvalue weighted by atomic mass is 35.5. The van der Waals surface area contributed by atoms with E-state index in [2.05, 4.69) is 43.6 Å². The minimum absolute atomic E-state index is 0. The predicted molar refractivity (Wildman–Crippen MR) is 178 cm³/mol. The van der Waals surface area contributed by atoms with E-state index in [9.17, 15) is 19.2 Å². The molecule has 9 nitrogen and oxygen atoms in total. The lowest BCUT2D eigenvalue weighted by Crippen LogP contribution is -2.55. The van der Waals surface area contributed by atoms with Crippen molar-refractivity contribution in [3.05, 3.63) is 48.0 Å². The third kappa shape index (κ3) is 10.8. The summed E-state index contributed by atoms with van der Waals surface area (Å²) in [6.07, 6.45) is 3.17. The van der Waals surface area contributed by atoms with Crippen molar-refractivity contribution in [1.82, 2.24) is 20.9 Å². The van der Waals surface area contributed by atoms with Gasteiger partial charge in [-0.25, -0.2) is 0 Å². The number of carbonyl (C=O) groups excluding carboxylic acids is 4. The van der Waals surface area contributed by atoms with Gasteiger partial charge in [0.1, 0.15) is 12.1 Å². The van der Waals surface area contributed by atoms with Gasteiger partial charge in [-0.2, -0.15) is 0 Å². The van der Waals surface area contributed by atoms with Gasteiger partial charge in [0, 0.05) is 32.0 Å². The van der Waals surface area contributed by atoms with Crippen LogP contribution in [-0.4, -0.2) is 65.8 Å². The van der Waals surface area contributed by atoms with Gasteiger partial charge in [0.2, 0.25) is 23.6 Å². The molecule has 3 rings (SSSR count). The third-order valence-electron chi connectivity index (χ3n) is 7.88. The standard InChI is InChI=1S/C34H51N5O4.ClH/c1-22(2)18-27(19-23(3)4)32(42)39-17-9-12-29(39)31(41)38-28(30(40)36-15-16-37-33(43)34(5,6)35)21-24-13-14-25-10-7-8-11-26(25)20-24;/h7-8,10-11,13-14,20,22-23,27-29H,9,12,15-19,21,35H2,1-6H3,(H,36,40)(H,37,43)(H,38,41);1H/t28-,29?;/m1./s1. The van der Waals surface area contributed by atoms with Crippen LogP contribution in [0, 0.1) is 17.8 Å². The summed E-state index contributed by atoms with van der Waals surface area (Å²) in [5.41, 5.74) is 5.72. The summed E-state index contributed by atoms with van der Waals surface area (Å²) in [5.74, 6) is -0.319. The number of nitrogens with two attached hydrogens (primary N) is 1. The Kier molecular flexibility index (Phi) is 14.1. The van der Waals surface area contributed by atoms with Crippen LogP contribution < -0.4 is 21.7 Å². The monoisotopic (exact) mass is 629 g/mol. The maximum atomic E-state index is 13.7. The number of halogens is 1. The molecule has 1 heterocycles. The van der Waals surface area contributed by atoms with Crippen LogP contribution >= 0.6 is 12.4 Å². The fourth-order valence-electron chi connectivity index (χ4n) is 5.76. The number of hydrogen-bond acceptors (Lipinski definition) is 5. The molecule has 0 saturated carbocycles. The molecule has 0 aromatic heterocycles. The molecule has 5 N–H and O–H groups in total. The zero-order valence-electron chi connectivity index (χ0n) is 27.2. The molecule has 1 aliphatic rings. The van der Waals surface area contributed by atoms with Crippen LogP contribution in [0.15, 0.2) is 42.5 Å². The summed E-state index contributed by atoms with van der Waals surface area (Å²) in [7, 11) is 0. The molecule has 1 unspecified atom stereocenters. The summed E-state index contributed by atoms with van der Waals surface area (Å²) in [6.45, 7) is 12.6. The lowest BCUT2D eigenvalue weighted by Gasteiger charge is -2.31. The molecule has 10 heteroatoms. The number of nitrogens with one attached hydrogen (secondary N) is 3. The first-order chi connectivity index (χ1) is 20.3. The Labute approximate surface area is 268 Å². The van der Waals surface area contributed by atoms with Gasteiger partial charge in [-0.15, -0.1) is 12.4 Å². The number of benzene rings is 2. The highest BCUT2D eigenvalue weighted by Crippen LogP contribution is 2.27. The van der Waals surface area contributed by atoms with E-state index in [1.54, 1.807) is 18.7 Å². The Morgan fingerprint density at radius 1 is 0.932 bits per heavy atom. The first-order valence-corrected chi connectivity index (χ1v) is 15.7. The number of rotatable bonds is 14. The molecule has 244 valence electrons. The predicted octanol–water partition coefficient (Wildman–Crippen LogP) is 3.96. The molecule has 2 atom stereocenters. The second-order valence-corrected chi connectivity index (χ2v) is 13.4. The minimum atomic E-state index is -1.02. The number of nitrogens with zero attached hydrogens (tertiary/aromatic N) is 1. The van der Waals surface area contributed by atoms with E-state index in [4.69, 9.17) is 5.73 Å². The minimum Gasteiger partial charge on any atom is -0.353 e. The van der Waals surface area contributed by atoms with Crippen molar-refractivity contribution in [3.8, 4) is 0 Å². The summed E-state index contributed by atoms with van der Waals surface area (Å²) < 4.78 is 0. The van der Waals surface area contributed by atoms with Gasteiger partial charge in [-0.3, -0.25) is 19.2 Å². The number of amides is 4. The van der Waals surface area contributed by atoms with Crippen LogP contribution in [0.25, 0.3) is 10.8 Å². The van der Waals surface area contributed by atoms with Gasteiger partial charge in [0.05, 0.1) is 5.54 Å². The van der Waals surface area contributed by atoms with E-state index in [-0.39, 0.29) is 61.5 Å². The Bertz CT molecular complexity index is 1270. The summed E-state index contributed by atoms with van der Waals surface area (Å²) in [4.78, 5) is 54.7. The Morgan fingerprint density at radius 3 is 2.16 bits per heavy atom. The molecular weight excluding hydrogens is 578 g/mol. The zero-order valence-corrected chi connectivity index (χ0v) is 28.0. The fraction of sp³-hybridized carbons (Fsp3) is 0.588. The van der Waals surface area contributed by atoms with E-state index in [1.807, 2.05) is 42.5 Å². The second-order valence-electron chi connectivity index (χ2n) is 13.4. The number of hydrogen-bond donors (Lipinski definition) is 4. The molecule has 1 aliphatic heterocycles. The van der Waals surface area contributed by atoms with Gasteiger partial charge in [0.15, 0.2) is 0 Å². The van der Waals surface area contributed by atoms with Gasteiger partial charge in [0.25, 0.3) is 0 Å². The highest BCUT2D eigenvalue weighted by molar-refractivity contribution is 5.93.